The first-order chi connectivity index (χ1) is 7.58. The second-order valence-corrected chi connectivity index (χ2v) is 4.63. The summed E-state index contributed by atoms with van der Waals surface area (Å²) in [7, 11) is 0. The number of benzene rings is 1. The third-order valence-electron chi connectivity index (χ3n) is 2.83. The molecule has 1 aromatic carbocycles. The molecule has 3 nitrogen and oxygen atoms in total. The number of hydrogen-bond acceptors (Lipinski definition) is 3. The molecule has 2 atom stereocenters. The van der Waals surface area contributed by atoms with Crippen LogP contribution in [0.25, 0.3) is 0 Å². The van der Waals surface area contributed by atoms with Crippen LogP contribution in [0.3, 0.4) is 0 Å². The van der Waals surface area contributed by atoms with Gasteiger partial charge in [0.25, 0.3) is 0 Å². The molecule has 16 heavy (non-hydrogen) atoms. The number of nitrogens with one attached hydrogen (secondary N) is 1. The fourth-order valence-corrected chi connectivity index (χ4v) is 2.02. The molecule has 1 aromatic rings. The monoisotopic (exact) mass is 241 g/mol. The van der Waals surface area contributed by atoms with Crippen molar-refractivity contribution in [1.29, 1.82) is 0 Å². The fraction of sp³-hybridized carbons (Fsp3) is 0.500. The molecule has 0 aliphatic carbocycles. The molecular formula is C12H16ClNO2. The van der Waals surface area contributed by atoms with Crippen LogP contribution in [0.4, 0.5) is 0 Å². The average molecular weight is 242 g/mol. The summed E-state index contributed by atoms with van der Waals surface area (Å²) in [5.41, 5.74) is 1.99. The highest BCUT2D eigenvalue weighted by atomic mass is 35.5. The number of aliphatic hydroxyl groups is 1. The van der Waals surface area contributed by atoms with E-state index in [0.29, 0.717) is 13.1 Å². The molecule has 0 amide bonds. The molecule has 0 saturated carbocycles. The Morgan fingerprint density at radius 3 is 2.44 bits per heavy atom. The van der Waals surface area contributed by atoms with Crippen molar-refractivity contribution in [3.05, 3.63) is 28.3 Å². The van der Waals surface area contributed by atoms with Crippen LogP contribution < -0.4 is 10.1 Å². The Morgan fingerprint density at radius 2 is 1.94 bits per heavy atom. The van der Waals surface area contributed by atoms with Crippen LogP contribution in [0.15, 0.2) is 12.1 Å². The molecule has 0 spiro atoms. The maximum absolute atomic E-state index is 9.63. The Bertz CT molecular complexity index is 372. The van der Waals surface area contributed by atoms with Crippen molar-refractivity contribution in [1.82, 2.24) is 5.32 Å². The lowest BCUT2D eigenvalue weighted by atomic mass is 10.1. The van der Waals surface area contributed by atoms with Gasteiger partial charge in [-0.25, -0.2) is 0 Å². The summed E-state index contributed by atoms with van der Waals surface area (Å²) in [6.45, 7) is 5.18. The molecule has 0 radical (unpaired) electrons. The van der Waals surface area contributed by atoms with Gasteiger partial charge in [-0.05, 0) is 37.1 Å². The number of β-amino-alcohol motifs (C(OH)–C–C–N with tert-alkyl or cyclic N) is 1. The normalized spacial score (nSPS) is 24.8. The number of ether oxygens (including phenoxy) is 1. The van der Waals surface area contributed by atoms with Crippen LogP contribution in [-0.4, -0.2) is 30.4 Å². The second kappa shape index (κ2) is 4.62. The van der Waals surface area contributed by atoms with E-state index in [-0.39, 0.29) is 6.10 Å². The molecule has 0 bridgehead atoms. The van der Waals surface area contributed by atoms with E-state index >= 15 is 0 Å². The molecule has 1 saturated heterocycles. The first-order valence-electron chi connectivity index (χ1n) is 5.40. The lowest BCUT2D eigenvalue weighted by molar-refractivity contribution is 0.0737. The Kier molecular flexibility index (Phi) is 3.38. The molecule has 1 fully saturated rings. The van der Waals surface area contributed by atoms with Crippen LogP contribution in [-0.2, 0) is 0 Å². The minimum absolute atomic E-state index is 0.167. The smallest absolute Gasteiger partial charge is 0.138 e. The summed E-state index contributed by atoms with van der Waals surface area (Å²) < 4.78 is 5.73. The molecule has 4 heteroatoms. The van der Waals surface area contributed by atoms with Crippen molar-refractivity contribution in [2.45, 2.75) is 26.1 Å². The zero-order valence-corrected chi connectivity index (χ0v) is 10.2. The number of rotatable bonds is 2. The molecule has 88 valence electrons. The van der Waals surface area contributed by atoms with Gasteiger partial charge in [0, 0.05) is 18.1 Å². The van der Waals surface area contributed by atoms with Gasteiger partial charge in [0.2, 0.25) is 0 Å². The van der Waals surface area contributed by atoms with E-state index in [9.17, 15) is 5.11 Å². The van der Waals surface area contributed by atoms with Crippen LogP contribution in [0, 0.1) is 13.8 Å². The predicted octanol–water partition coefficient (Wildman–Crippen LogP) is 1.67. The molecule has 2 unspecified atom stereocenters. The van der Waals surface area contributed by atoms with Gasteiger partial charge in [-0.15, -0.1) is 0 Å². The summed E-state index contributed by atoms with van der Waals surface area (Å²) in [6.07, 6.45) is -0.601. The summed E-state index contributed by atoms with van der Waals surface area (Å²) in [6, 6.07) is 3.81. The zero-order valence-electron chi connectivity index (χ0n) is 9.46. The lowest BCUT2D eigenvalue weighted by Gasteiger charge is -2.17. The molecule has 0 aromatic heterocycles. The fourth-order valence-electron chi connectivity index (χ4n) is 1.91. The number of aryl methyl sites for hydroxylation is 2. The van der Waals surface area contributed by atoms with E-state index in [2.05, 4.69) is 5.32 Å². The second-order valence-electron chi connectivity index (χ2n) is 4.25. The highest BCUT2D eigenvalue weighted by Crippen LogP contribution is 2.27. The first kappa shape index (κ1) is 11.7. The van der Waals surface area contributed by atoms with Crippen LogP contribution in [0.1, 0.15) is 11.1 Å². The van der Waals surface area contributed by atoms with Gasteiger partial charge in [0.05, 0.1) is 0 Å². The maximum atomic E-state index is 9.63. The standard InChI is InChI=1S/C12H16ClNO2/c1-7-3-9(4-8(2)12(7)13)16-11-6-14-5-10(11)15/h3-4,10-11,14-15H,5-6H2,1-2H3. The highest BCUT2D eigenvalue weighted by molar-refractivity contribution is 6.32. The van der Waals surface area contributed by atoms with E-state index in [1.54, 1.807) is 0 Å². The van der Waals surface area contributed by atoms with E-state index in [1.807, 2.05) is 26.0 Å². The van der Waals surface area contributed by atoms with Gasteiger partial charge < -0.3 is 15.2 Å². The summed E-state index contributed by atoms with van der Waals surface area (Å²) >= 11 is 6.08. The summed E-state index contributed by atoms with van der Waals surface area (Å²) in [5, 5.41) is 13.5. The van der Waals surface area contributed by atoms with Crippen molar-refractivity contribution in [2.24, 2.45) is 0 Å². The Hall–Kier alpha value is -0.770. The maximum Gasteiger partial charge on any atom is 0.138 e. The van der Waals surface area contributed by atoms with Crippen molar-refractivity contribution < 1.29 is 9.84 Å². The van der Waals surface area contributed by atoms with Gasteiger partial charge in [-0.3, -0.25) is 0 Å². The third kappa shape index (κ3) is 2.32. The topological polar surface area (TPSA) is 41.5 Å². The average Bonchev–Trinajstić information content (AvgIpc) is 2.61. The quantitative estimate of drug-likeness (QED) is 0.828. The van der Waals surface area contributed by atoms with E-state index in [0.717, 1.165) is 21.9 Å². The molecule has 1 aliphatic rings. The summed E-state index contributed by atoms with van der Waals surface area (Å²) in [5.74, 6) is 0.771. The zero-order chi connectivity index (χ0) is 11.7. The SMILES string of the molecule is Cc1cc(OC2CNCC2O)cc(C)c1Cl. The van der Waals surface area contributed by atoms with E-state index in [4.69, 9.17) is 16.3 Å². The minimum Gasteiger partial charge on any atom is -0.486 e. The van der Waals surface area contributed by atoms with Gasteiger partial charge in [-0.2, -0.15) is 0 Å². The predicted molar refractivity (Wildman–Crippen MR) is 64.2 cm³/mol. The van der Waals surface area contributed by atoms with Crippen molar-refractivity contribution in [3.8, 4) is 5.75 Å². The largest absolute Gasteiger partial charge is 0.486 e. The number of aliphatic hydroxyl groups excluding tert-OH is 1. The highest BCUT2D eigenvalue weighted by Gasteiger charge is 2.26. The Morgan fingerprint density at radius 1 is 1.31 bits per heavy atom. The van der Waals surface area contributed by atoms with Crippen LogP contribution in [0.2, 0.25) is 5.02 Å². The van der Waals surface area contributed by atoms with Gasteiger partial charge in [0.1, 0.15) is 18.0 Å². The molecule has 1 heterocycles. The molecule has 2 rings (SSSR count). The Balaban J connectivity index is 2.15. The lowest BCUT2D eigenvalue weighted by Crippen LogP contribution is -2.29. The van der Waals surface area contributed by atoms with Crippen molar-refractivity contribution in [2.75, 3.05) is 13.1 Å². The van der Waals surface area contributed by atoms with Crippen molar-refractivity contribution >= 4 is 11.6 Å². The van der Waals surface area contributed by atoms with Gasteiger partial charge in [0.15, 0.2) is 0 Å². The van der Waals surface area contributed by atoms with Gasteiger partial charge >= 0.3 is 0 Å². The minimum atomic E-state index is -0.434. The van der Waals surface area contributed by atoms with Crippen LogP contribution >= 0.6 is 11.6 Å². The molecule has 1 aliphatic heterocycles. The van der Waals surface area contributed by atoms with E-state index in [1.165, 1.54) is 0 Å². The Labute approximate surface area is 100 Å². The third-order valence-corrected chi connectivity index (χ3v) is 3.42. The van der Waals surface area contributed by atoms with Crippen molar-refractivity contribution in [3.63, 3.8) is 0 Å². The first-order valence-corrected chi connectivity index (χ1v) is 5.78. The van der Waals surface area contributed by atoms with E-state index < -0.39 is 6.10 Å². The van der Waals surface area contributed by atoms with Crippen LogP contribution in [0.5, 0.6) is 5.75 Å². The molecule has 2 N–H and O–H groups in total. The molecular weight excluding hydrogens is 226 g/mol. The van der Waals surface area contributed by atoms with Gasteiger partial charge in [-0.1, -0.05) is 11.6 Å². The number of hydrogen-bond donors (Lipinski definition) is 2. The number of halogens is 1. The summed E-state index contributed by atoms with van der Waals surface area (Å²) in [4.78, 5) is 0.